The van der Waals surface area contributed by atoms with Gasteiger partial charge in [-0.05, 0) is 19.1 Å². The number of thiocarbonyl (C=S) groups is 1. The number of rotatable bonds is 3. The zero-order chi connectivity index (χ0) is 9.68. The highest BCUT2D eigenvalue weighted by molar-refractivity contribution is 7.80. The first-order chi connectivity index (χ1) is 6.22. The number of hydrogen-bond donors (Lipinski definition) is 4. The molecule has 0 amide bonds. The van der Waals surface area contributed by atoms with Crippen molar-refractivity contribution in [3.05, 3.63) is 22.1 Å². The predicted octanol–water partition coefficient (Wildman–Crippen LogP) is -0.313. The summed E-state index contributed by atoms with van der Waals surface area (Å²) >= 11 is 4.93. The van der Waals surface area contributed by atoms with Gasteiger partial charge in [0.25, 0.3) is 5.56 Å². The van der Waals surface area contributed by atoms with Gasteiger partial charge in [0.05, 0.1) is 12.2 Å². The van der Waals surface area contributed by atoms with Crippen LogP contribution in [0.3, 0.4) is 0 Å². The fraction of sp³-hybridized carbons (Fsp3) is 0.429. The van der Waals surface area contributed by atoms with Crippen LogP contribution in [0.1, 0.15) is 12.6 Å². The van der Waals surface area contributed by atoms with Crippen molar-refractivity contribution in [3.63, 3.8) is 0 Å². The summed E-state index contributed by atoms with van der Waals surface area (Å²) in [5.41, 5.74) is 0.649. The molecule has 0 radical (unpaired) electrons. The summed E-state index contributed by atoms with van der Waals surface area (Å²) in [6.07, 6.45) is 0. The van der Waals surface area contributed by atoms with Gasteiger partial charge < -0.3 is 15.7 Å². The normalized spacial score (nSPS) is 9.62. The van der Waals surface area contributed by atoms with Gasteiger partial charge >= 0.3 is 0 Å². The fourth-order valence-corrected chi connectivity index (χ4v) is 1.08. The molecule has 1 heterocycles. The lowest BCUT2D eigenvalue weighted by atomic mass is 10.4. The molecule has 0 saturated carbocycles. The lowest BCUT2D eigenvalue weighted by Crippen LogP contribution is -2.34. The Morgan fingerprint density at radius 3 is 2.85 bits per heavy atom. The Morgan fingerprint density at radius 1 is 1.54 bits per heavy atom. The van der Waals surface area contributed by atoms with Crippen molar-refractivity contribution in [2.24, 2.45) is 0 Å². The zero-order valence-electron chi connectivity index (χ0n) is 7.31. The van der Waals surface area contributed by atoms with Gasteiger partial charge in [0, 0.05) is 12.6 Å². The fourth-order valence-electron chi connectivity index (χ4n) is 0.866. The van der Waals surface area contributed by atoms with Gasteiger partial charge in [-0.3, -0.25) is 9.89 Å². The number of hydrogen-bond acceptors (Lipinski definition) is 2. The van der Waals surface area contributed by atoms with E-state index in [1.807, 2.05) is 6.92 Å². The lowest BCUT2D eigenvalue weighted by Gasteiger charge is -2.06. The minimum absolute atomic E-state index is 0.133. The molecule has 0 unspecified atom stereocenters. The molecule has 5 nitrogen and oxygen atoms in total. The third-order valence-corrected chi connectivity index (χ3v) is 1.72. The first-order valence-electron chi connectivity index (χ1n) is 4.00. The predicted molar refractivity (Wildman–Crippen MR) is 54.5 cm³/mol. The number of nitrogens with one attached hydrogen (secondary N) is 4. The standard InChI is InChI=1S/C7H12N4OS/c1-2-8-7(13)9-4-5-3-6(12)11-10-5/h3H,2,4H2,1H3,(H2,8,9,13)(H2,10,11,12). The zero-order valence-corrected chi connectivity index (χ0v) is 8.12. The van der Waals surface area contributed by atoms with Crippen LogP contribution in [0.15, 0.2) is 10.9 Å². The summed E-state index contributed by atoms with van der Waals surface area (Å²) in [7, 11) is 0. The number of aromatic nitrogens is 2. The van der Waals surface area contributed by atoms with E-state index in [2.05, 4.69) is 20.8 Å². The van der Waals surface area contributed by atoms with E-state index in [1.54, 1.807) is 0 Å². The van der Waals surface area contributed by atoms with E-state index in [0.29, 0.717) is 11.7 Å². The Bertz CT molecular complexity index is 329. The third kappa shape index (κ3) is 3.29. The summed E-state index contributed by atoms with van der Waals surface area (Å²) in [5, 5.41) is 11.6. The highest BCUT2D eigenvalue weighted by Gasteiger charge is 1.96. The van der Waals surface area contributed by atoms with Crippen LogP contribution in [0.4, 0.5) is 0 Å². The van der Waals surface area contributed by atoms with Gasteiger partial charge in [0.1, 0.15) is 0 Å². The molecule has 1 aromatic rings. The average molecular weight is 200 g/mol. The molecule has 0 fully saturated rings. The Hall–Kier alpha value is -1.30. The Labute approximate surface area is 80.9 Å². The van der Waals surface area contributed by atoms with Crippen molar-refractivity contribution in [2.75, 3.05) is 6.54 Å². The molecule has 0 saturated heterocycles. The maximum atomic E-state index is 10.7. The minimum Gasteiger partial charge on any atom is -0.363 e. The lowest BCUT2D eigenvalue weighted by molar-refractivity contribution is 0.823. The molecule has 72 valence electrons. The number of H-pyrrole nitrogens is 2. The van der Waals surface area contributed by atoms with Crippen LogP contribution in [-0.4, -0.2) is 21.9 Å². The van der Waals surface area contributed by atoms with Gasteiger partial charge in [0.15, 0.2) is 5.11 Å². The number of aromatic amines is 2. The van der Waals surface area contributed by atoms with E-state index >= 15 is 0 Å². The molecule has 0 bridgehead atoms. The van der Waals surface area contributed by atoms with Crippen molar-refractivity contribution < 1.29 is 0 Å². The molecule has 13 heavy (non-hydrogen) atoms. The summed E-state index contributed by atoms with van der Waals surface area (Å²) < 4.78 is 0. The van der Waals surface area contributed by atoms with Gasteiger partial charge in [-0.1, -0.05) is 0 Å². The first kappa shape index (κ1) is 9.79. The van der Waals surface area contributed by atoms with Gasteiger partial charge in [-0.2, -0.15) is 0 Å². The highest BCUT2D eigenvalue weighted by atomic mass is 32.1. The van der Waals surface area contributed by atoms with Crippen LogP contribution in [0.25, 0.3) is 0 Å². The van der Waals surface area contributed by atoms with Crippen molar-refractivity contribution in [1.82, 2.24) is 20.8 Å². The second-order valence-corrected chi connectivity index (χ2v) is 2.91. The van der Waals surface area contributed by atoms with Gasteiger partial charge in [-0.25, -0.2) is 0 Å². The van der Waals surface area contributed by atoms with Gasteiger partial charge in [-0.15, -0.1) is 0 Å². The molecule has 0 aliphatic carbocycles. The summed E-state index contributed by atoms with van der Waals surface area (Å²) in [5.74, 6) is 0. The monoisotopic (exact) mass is 200 g/mol. The molecular formula is C7H12N4OS. The molecule has 1 rings (SSSR count). The smallest absolute Gasteiger partial charge is 0.264 e. The van der Waals surface area contributed by atoms with Crippen LogP contribution in [0.2, 0.25) is 0 Å². The maximum absolute atomic E-state index is 10.7. The molecular weight excluding hydrogens is 188 g/mol. The van der Waals surface area contributed by atoms with Crippen molar-refractivity contribution in [2.45, 2.75) is 13.5 Å². The van der Waals surface area contributed by atoms with Crippen LogP contribution in [0, 0.1) is 0 Å². The van der Waals surface area contributed by atoms with Crippen molar-refractivity contribution in [3.8, 4) is 0 Å². The SMILES string of the molecule is CCNC(=S)NCc1cc(=O)[nH][nH]1. The molecule has 0 spiro atoms. The second-order valence-electron chi connectivity index (χ2n) is 2.50. The average Bonchev–Trinajstić information content (AvgIpc) is 2.49. The van der Waals surface area contributed by atoms with E-state index in [-0.39, 0.29) is 5.56 Å². The van der Waals surface area contributed by atoms with Crippen molar-refractivity contribution in [1.29, 1.82) is 0 Å². The van der Waals surface area contributed by atoms with E-state index in [9.17, 15) is 4.79 Å². The largest absolute Gasteiger partial charge is 0.363 e. The van der Waals surface area contributed by atoms with Crippen LogP contribution in [-0.2, 0) is 6.54 Å². The Morgan fingerprint density at radius 2 is 2.31 bits per heavy atom. The summed E-state index contributed by atoms with van der Waals surface area (Å²) in [4.78, 5) is 10.7. The molecule has 0 aromatic carbocycles. The maximum Gasteiger partial charge on any atom is 0.264 e. The first-order valence-corrected chi connectivity index (χ1v) is 4.41. The highest BCUT2D eigenvalue weighted by Crippen LogP contribution is 1.85. The van der Waals surface area contributed by atoms with E-state index in [1.165, 1.54) is 6.07 Å². The molecule has 4 N–H and O–H groups in total. The second kappa shape index (κ2) is 4.66. The Balaban J connectivity index is 2.35. The Kier molecular flexibility index (Phi) is 3.51. The van der Waals surface area contributed by atoms with E-state index in [0.717, 1.165) is 12.2 Å². The van der Waals surface area contributed by atoms with Crippen LogP contribution >= 0.6 is 12.2 Å². The molecule has 0 aliphatic heterocycles. The quantitative estimate of drug-likeness (QED) is 0.505. The third-order valence-electron chi connectivity index (χ3n) is 1.43. The summed E-state index contributed by atoms with van der Waals surface area (Å²) in [6.45, 7) is 3.27. The molecule has 6 heteroatoms. The molecule has 1 aromatic heterocycles. The van der Waals surface area contributed by atoms with Crippen molar-refractivity contribution >= 4 is 17.3 Å². The van der Waals surface area contributed by atoms with E-state index < -0.39 is 0 Å². The molecule has 0 aliphatic rings. The van der Waals surface area contributed by atoms with E-state index in [4.69, 9.17) is 12.2 Å². The van der Waals surface area contributed by atoms with Gasteiger partial charge in [0.2, 0.25) is 0 Å². The van der Waals surface area contributed by atoms with Crippen LogP contribution in [0.5, 0.6) is 0 Å². The molecule has 0 atom stereocenters. The van der Waals surface area contributed by atoms with Crippen LogP contribution < -0.4 is 16.2 Å². The topological polar surface area (TPSA) is 72.7 Å². The summed E-state index contributed by atoms with van der Waals surface area (Å²) in [6, 6.07) is 1.49. The minimum atomic E-state index is -0.133.